The first kappa shape index (κ1) is 26.9. The van der Waals surface area contributed by atoms with Gasteiger partial charge in [-0.2, -0.15) is 4.57 Å². The van der Waals surface area contributed by atoms with E-state index in [-0.39, 0.29) is 7.43 Å². The van der Waals surface area contributed by atoms with Crippen LogP contribution in [0.3, 0.4) is 0 Å². The molecule has 0 amide bonds. The molecule has 0 N–H and O–H groups in total. The predicted octanol–water partition coefficient (Wildman–Crippen LogP) is 8.90. The second-order valence-electron chi connectivity index (χ2n) is 11.8. The van der Waals surface area contributed by atoms with Crippen LogP contribution in [-0.2, 0) is 13.5 Å². The lowest BCUT2D eigenvalue weighted by molar-refractivity contribution is -0.633. The molecule has 1 aliphatic rings. The van der Waals surface area contributed by atoms with Crippen molar-refractivity contribution in [3.63, 3.8) is 0 Å². The summed E-state index contributed by atoms with van der Waals surface area (Å²) in [6.45, 7) is 15.8. The number of hydrogen-bond acceptors (Lipinski definition) is 1. The monoisotopic (exact) mass is 516 g/mol. The molecular weight excluding hydrogens is 474 g/mol. The first-order valence-corrected chi connectivity index (χ1v) is 13.9. The normalized spacial score (nSPS) is 12.3. The average Bonchev–Trinajstić information content (AvgIpc) is 3.36. The fourth-order valence-corrected chi connectivity index (χ4v) is 6.34. The minimum absolute atomic E-state index is 0. The van der Waals surface area contributed by atoms with Gasteiger partial charge in [0.1, 0.15) is 5.69 Å². The smallest absolute Gasteiger partial charge is 0.257 e. The highest BCUT2D eigenvalue weighted by Crippen LogP contribution is 2.42. The minimum atomic E-state index is 0. The van der Waals surface area contributed by atoms with E-state index < -0.39 is 0 Å². The Morgan fingerprint density at radius 3 is 2.10 bits per heavy atom. The van der Waals surface area contributed by atoms with Gasteiger partial charge in [0.05, 0.1) is 18.3 Å². The number of rotatable bonds is 4. The van der Waals surface area contributed by atoms with Crippen molar-refractivity contribution in [2.24, 2.45) is 7.05 Å². The van der Waals surface area contributed by atoms with Crippen molar-refractivity contribution in [3.05, 3.63) is 99.9 Å². The maximum absolute atomic E-state index is 4.89. The Bertz CT molecular complexity index is 1700. The summed E-state index contributed by atoms with van der Waals surface area (Å²) in [5.74, 6) is 2.04. The molecule has 3 nitrogen and oxygen atoms in total. The Labute approximate surface area is 234 Å². The van der Waals surface area contributed by atoms with Crippen LogP contribution in [0.15, 0.2) is 60.7 Å². The van der Waals surface area contributed by atoms with Gasteiger partial charge in [0.25, 0.3) is 5.82 Å². The molecule has 0 saturated carbocycles. The molecule has 200 valence electrons. The van der Waals surface area contributed by atoms with Crippen LogP contribution in [0.25, 0.3) is 39.2 Å². The molecule has 0 spiro atoms. The van der Waals surface area contributed by atoms with E-state index in [0.29, 0.717) is 11.8 Å². The van der Waals surface area contributed by atoms with Crippen molar-refractivity contribution in [2.45, 2.75) is 74.1 Å². The summed E-state index contributed by atoms with van der Waals surface area (Å²) in [6.07, 6.45) is 0.888. The molecule has 3 heteroatoms. The molecule has 0 aliphatic heterocycles. The maximum atomic E-state index is 4.89. The van der Waals surface area contributed by atoms with Gasteiger partial charge >= 0.3 is 0 Å². The van der Waals surface area contributed by atoms with Crippen LogP contribution in [0.1, 0.15) is 86.2 Å². The minimum Gasteiger partial charge on any atom is -0.257 e. The van der Waals surface area contributed by atoms with Crippen molar-refractivity contribution >= 4 is 11.0 Å². The Balaban J connectivity index is 0.00000308. The van der Waals surface area contributed by atoms with E-state index in [0.717, 1.165) is 12.1 Å². The number of imidazole rings is 1. The lowest BCUT2D eigenvalue weighted by atomic mass is 9.90. The zero-order valence-corrected chi connectivity index (χ0v) is 24.0. The van der Waals surface area contributed by atoms with E-state index in [1.807, 2.05) is 0 Å². The first-order chi connectivity index (χ1) is 18.2. The molecule has 2 heterocycles. The Hall–Kier alpha value is -3.72. The van der Waals surface area contributed by atoms with Crippen molar-refractivity contribution < 1.29 is 4.57 Å². The molecular formula is C36H42N3+. The molecule has 0 radical (unpaired) electrons. The van der Waals surface area contributed by atoms with E-state index in [4.69, 9.17) is 4.98 Å². The molecule has 1 aliphatic carbocycles. The summed E-state index contributed by atoms with van der Waals surface area (Å²) in [7, 11) is 2.23. The third kappa shape index (κ3) is 4.19. The van der Waals surface area contributed by atoms with Gasteiger partial charge in [0.15, 0.2) is 11.0 Å². The number of nitrogens with zero attached hydrogens (tertiary/aromatic N) is 3. The second kappa shape index (κ2) is 9.79. The number of aromatic nitrogens is 3. The standard InChI is InChI=1S/C35H38N3.CH4/c1-20(2)28-15-22(5)16-29(21(3)4)34(28)38-33-18-25-17-31-27(14-13-24(7)36-31)30(25)19-32(33)37(8)35(38)26-12-10-9-11-23(26)6;/h9-16,18-21H,17H2,1-8H3;1H4/q+1;. The molecule has 3 aromatic carbocycles. The predicted molar refractivity (Wildman–Crippen MR) is 165 cm³/mol. The number of aryl methyl sites for hydroxylation is 4. The third-order valence-electron chi connectivity index (χ3n) is 8.26. The molecule has 5 aromatic rings. The fraction of sp³-hybridized carbons (Fsp3) is 0.333. The summed E-state index contributed by atoms with van der Waals surface area (Å²) in [4.78, 5) is 4.89. The van der Waals surface area contributed by atoms with Crippen LogP contribution in [0.4, 0.5) is 0 Å². The van der Waals surface area contributed by atoms with Gasteiger partial charge in [-0.05, 0) is 73.6 Å². The van der Waals surface area contributed by atoms with Crippen molar-refractivity contribution in [1.29, 1.82) is 0 Å². The van der Waals surface area contributed by atoms with Crippen molar-refractivity contribution in [1.82, 2.24) is 9.55 Å². The van der Waals surface area contributed by atoms with Crippen LogP contribution < -0.4 is 4.57 Å². The summed E-state index contributed by atoms with van der Waals surface area (Å²) in [5.41, 5.74) is 16.8. The van der Waals surface area contributed by atoms with Crippen LogP contribution in [0, 0.1) is 20.8 Å². The topological polar surface area (TPSA) is 21.7 Å². The summed E-state index contributed by atoms with van der Waals surface area (Å²) < 4.78 is 4.98. The van der Waals surface area contributed by atoms with E-state index in [1.165, 1.54) is 72.7 Å². The van der Waals surface area contributed by atoms with Gasteiger partial charge in [-0.1, -0.05) is 77.1 Å². The van der Waals surface area contributed by atoms with E-state index in [2.05, 4.69) is 125 Å². The number of pyridine rings is 1. The third-order valence-corrected chi connectivity index (χ3v) is 8.26. The van der Waals surface area contributed by atoms with E-state index >= 15 is 0 Å². The van der Waals surface area contributed by atoms with Gasteiger partial charge in [-0.15, -0.1) is 0 Å². The average molecular weight is 517 g/mol. The van der Waals surface area contributed by atoms with E-state index in [1.54, 1.807) is 0 Å². The van der Waals surface area contributed by atoms with Gasteiger partial charge in [0, 0.05) is 28.8 Å². The molecule has 39 heavy (non-hydrogen) atoms. The largest absolute Gasteiger partial charge is 0.295 e. The van der Waals surface area contributed by atoms with Crippen LogP contribution >= 0.6 is 0 Å². The number of hydrogen-bond donors (Lipinski definition) is 0. The summed E-state index contributed by atoms with van der Waals surface area (Å²) in [6, 6.07) is 22.8. The number of fused-ring (bicyclic) bond motifs is 4. The van der Waals surface area contributed by atoms with Crippen LogP contribution in [0.5, 0.6) is 0 Å². The van der Waals surface area contributed by atoms with Gasteiger partial charge < -0.3 is 0 Å². The Morgan fingerprint density at radius 1 is 0.795 bits per heavy atom. The van der Waals surface area contributed by atoms with Crippen molar-refractivity contribution in [3.8, 4) is 28.2 Å². The number of benzene rings is 3. The first-order valence-electron chi connectivity index (χ1n) is 13.9. The molecule has 6 rings (SSSR count). The lowest BCUT2D eigenvalue weighted by Gasteiger charge is -2.20. The summed E-state index contributed by atoms with van der Waals surface area (Å²) in [5, 5.41) is 0. The summed E-state index contributed by atoms with van der Waals surface area (Å²) >= 11 is 0. The highest BCUT2D eigenvalue weighted by molar-refractivity contribution is 5.89. The SMILES string of the molecule is C.Cc1cc(C(C)C)c(-n2c(-c3ccccc3C)[n+](C)c3cc4c(cc32)Cc2nc(C)ccc2-4)c(C(C)C)c1. The van der Waals surface area contributed by atoms with Crippen molar-refractivity contribution in [2.75, 3.05) is 0 Å². The highest BCUT2D eigenvalue weighted by Gasteiger charge is 2.33. The zero-order valence-electron chi connectivity index (χ0n) is 24.0. The quantitative estimate of drug-likeness (QED) is 0.214. The Morgan fingerprint density at radius 2 is 1.46 bits per heavy atom. The molecule has 0 fully saturated rings. The maximum Gasteiger partial charge on any atom is 0.295 e. The van der Waals surface area contributed by atoms with Gasteiger partial charge in [-0.3, -0.25) is 4.98 Å². The second-order valence-corrected chi connectivity index (χ2v) is 11.8. The van der Waals surface area contributed by atoms with Gasteiger partial charge in [-0.25, -0.2) is 4.57 Å². The molecule has 0 bridgehead atoms. The fourth-order valence-electron chi connectivity index (χ4n) is 6.34. The van der Waals surface area contributed by atoms with Gasteiger partial charge in [0.2, 0.25) is 0 Å². The Kier molecular flexibility index (Phi) is 6.74. The molecule has 0 atom stereocenters. The molecule has 2 aromatic heterocycles. The lowest BCUT2D eigenvalue weighted by Crippen LogP contribution is -2.30. The van der Waals surface area contributed by atoms with Crippen LogP contribution in [0.2, 0.25) is 0 Å². The zero-order chi connectivity index (χ0) is 26.9. The highest BCUT2D eigenvalue weighted by atomic mass is 15.2. The van der Waals surface area contributed by atoms with E-state index in [9.17, 15) is 0 Å². The molecule has 0 unspecified atom stereocenters. The van der Waals surface area contributed by atoms with Crippen LogP contribution in [-0.4, -0.2) is 9.55 Å². The molecule has 0 saturated heterocycles.